The minimum absolute atomic E-state index is 0.0749. The maximum Gasteiger partial charge on any atom is 0.353 e. The molecule has 2 aliphatic heterocycles. The summed E-state index contributed by atoms with van der Waals surface area (Å²) in [5.41, 5.74) is 1.44. The summed E-state index contributed by atoms with van der Waals surface area (Å²) in [7, 11) is 0. The monoisotopic (exact) mass is 381 g/mol. The van der Waals surface area contributed by atoms with Gasteiger partial charge in [-0.05, 0) is 50.0 Å². The third-order valence-electron chi connectivity index (χ3n) is 5.90. The quantitative estimate of drug-likeness (QED) is 0.579. The molecule has 4 rings (SSSR count). The van der Waals surface area contributed by atoms with Crippen LogP contribution < -0.4 is 9.80 Å². The average molecular weight is 381 g/mol. The first kappa shape index (κ1) is 18.7. The van der Waals surface area contributed by atoms with E-state index in [1.807, 2.05) is 6.07 Å². The lowest BCUT2D eigenvalue weighted by Gasteiger charge is -2.33. The number of piperidine rings is 2. The molecule has 0 N–H and O–H groups in total. The molecule has 0 radical (unpaired) electrons. The second-order valence-electron chi connectivity index (χ2n) is 7.79. The van der Waals surface area contributed by atoms with Gasteiger partial charge in [0, 0.05) is 26.2 Å². The Balaban J connectivity index is 1.49. The zero-order chi connectivity index (χ0) is 19.3. The van der Waals surface area contributed by atoms with E-state index < -0.39 is 0 Å². The molecule has 148 valence electrons. The molecule has 2 saturated heterocycles. The Labute approximate surface area is 165 Å². The Kier molecular flexibility index (Phi) is 5.69. The summed E-state index contributed by atoms with van der Waals surface area (Å²) in [6.07, 6.45) is 7.89. The fraction of sp³-hybridized carbons (Fsp3) is 0.524. The van der Waals surface area contributed by atoms with E-state index in [-0.39, 0.29) is 10.6 Å². The summed E-state index contributed by atoms with van der Waals surface area (Å²) >= 11 is 0. The average Bonchev–Trinajstić information content (AvgIpc) is 2.75. The Bertz CT molecular complexity index is 800. The molecule has 0 atom stereocenters. The molecule has 1 aromatic heterocycles. The van der Waals surface area contributed by atoms with Crippen molar-refractivity contribution in [3.05, 3.63) is 52.3 Å². The molecular formula is C21H27N5O2. The molecule has 1 aromatic carbocycles. The Hall–Kier alpha value is -2.70. The van der Waals surface area contributed by atoms with Crippen LogP contribution in [-0.4, -0.2) is 41.1 Å². The number of anilines is 2. The number of rotatable bonds is 5. The largest absolute Gasteiger partial charge is 0.353 e. The summed E-state index contributed by atoms with van der Waals surface area (Å²) in [5.74, 6) is 1.58. The van der Waals surface area contributed by atoms with Crippen LogP contribution in [0.2, 0.25) is 0 Å². The van der Waals surface area contributed by atoms with Crippen LogP contribution in [0.4, 0.5) is 17.3 Å². The fourth-order valence-electron chi connectivity index (χ4n) is 4.39. The van der Waals surface area contributed by atoms with Crippen LogP contribution in [0.5, 0.6) is 0 Å². The Morgan fingerprint density at radius 2 is 1.54 bits per heavy atom. The molecule has 7 nitrogen and oxygen atoms in total. The van der Waals surface area contributed by atoms with Crippen molar-refractivity contribution in [2.45, 2.75) is 38.5 Å². The first-order chi connectivity index (χ1) is 13.7. The molecule has 0 spiro atoms. The Morgan fingerprint density at radius 1 is 0.929 bits per heavy atom. The van der Waals surface area contributed by atoms with Gasteiger partial charge in [0.2, 0.25) is 11.6 Å². The van der Waals surface area contributed by atoms with E-state index in [1.165, 1.54) is 18.3 Å². The minimum Gasteiger partial charge on any atom is -0.351 e. The van der Waals surface area contributed by atoms with E-state index in [4.69, 9.17) is 0 Å². The highest BCUT2D eigenvalue weighted by Crippen LogP contribution is 2.37. The number of hydrogen-bond donors (Lipinski definition) is 0. The first-order valence-electron chi connectivity index (χ1n) is 10.3. The predicted octanol–water partition coefficient (Wildman–Crippen LogP) is 3.83. The second kappa shape index (κ2) is 8.54. The molecule has 0 unspecified atom stereocenters. The minimum atomic E-state index is -0.296. The second-order valence-corrected chi connectivity index (χ2v) is 7.79. The van der Waals surface area contributed by atoms with Crippen LogP contribution in [0, 0.1) is 16.0 Å². The van der Waals surface area contributed by atoms with E-state index in [0.717, 1.165) is 58.3 Å². The van der Waals surface area contributed by atoms with Gasteiger partial charge >= 0.3 is 5.69 Å². The molecule has 3 heterocycles. The highest BCUT2D eigenvalue weighted by molar-refractivity contribution is 5.71. The van der Waals surface area contributed by atoms with Crippen LogP contribution >= 0.6 is 0 Å². The standard InChI is InChI=1S/C21H27N5O2/c27-26(28)19-20(24-11-5-2-6-12-24)22-16-23-21(19)25-13-9-18(10-14-25)15-17-7-3-1-4-8-17/h1,3-4,7-8,16,18H,2,5-6,9-15H2. The topological polar surface area (TPSA) is 75.4 Å². The molecule has 7 heteroatoms. The third kappa shape index (κ3) is 4.08. The van der Waals surface area contributed by atoms with Crippen LogP contribution in [-0.2, 0) is 6.42 Å². The third-order valence-corrected chi connectivity index (χ3v) is 5.90. The molecule has 2 fully saturated rings. The van der Waals surface area contributed by atoms with Gasteiger partial charge in [-0.15, -0.1) is 0 Å². The van der Waals surface area contributed by atoms with Crippen LogP contribution in [0.15, 0.2) is 36.7 Å². The smallest absolute Gasteiger partial charge is 0.351 e. The van der Waals surface area contributed by atoms with Gasteiger partial charge in [-0.3, -0.25) is 10.1 Å². The molecule has 0 aliphatic carbocycles. The number of benzene rings is 1. The summed E-state index contributed by atoms with van der Waals surface area (Å²) in [6.45, 7) is 3.26. The summed E-state index contributed by atoms with van der Waals surface area (Å²) in [6, 6.07) is 10.5. The Morgan fingerprint density at radius 3 is 2.14 bits per heavy atom. The highest BCUT2D eigenvalue weighted by atomic mass is 16.6. The van der Waals surface area contributed by atoms with Crippen molar-refractivity contribution in [2.24, 2.45) is 5.92 Å². The van der Waals surface area contributed by atoms with Crippen molar-refractivity contribution in [3.8, 4) is 0 Å². The zero-order valence-corrected chi connectivity index (χ0v) is 16.2. The molecule has 0 amide bonds. The van der Waals surface area contributed by atoms with Gasteiger partial charge in [-0.1, -0.05) is 30.3 Å². The fourth-order valence-corrected chi connectivity index (χ4v) is 4.39. The summed E-state index contributed by atoms with van der Waals surface area (Å²) < 4.78 is 0. The van der Waals surface area contributed by atoms with Crippen LogP contribution in [0.25, 0.3) is 0 Å². The highest BCUT2D eigenvalue weighted by Gasteiger charge is 2.32. The molecule has 2 aromatic rings. The SMILES string of the molecule is O=[N+]([O-])c1c(N2CCCCC2)ncnc1N1CCC(Cc2ccccc2)CC1. The van der Waals surface area contributed by atoms with Gasteiger partial charge in [0.15, 0.2) is 0 Å². The molecule has 0 saturated carbocycles. The summed E-state index contributed by atoms with van der Waals surface area (Å²) in [4.78, 5) is 24.4. The first-order valence-corrected chi connectivity index (χ1v) is 10.3. The van der Waals surface area contributed by atoms with Crippen molar-refractivity contribution in [2.75, 3.05) is 36.0 Å². The lowest BCUT2D eigenvalue weighted by atomic mass is 9.90. The lowest BCUT2D eigenvalue weighted by Crippen LogP contribution is -2.36. The molecule has 28 heavy (non-hydrogen) atoms. The lowest BCUT2D eigenvalue weighted by molar-refractivity contribution is -0.383. The summed E-state index contributed by atoms with van der Waals surface area (Å²) in [5, 5.41) is 11.9. The van der Waals surface area contributed by atoms with E-state index in [9.17, 15) is 10.1 Å². The maximum atomic E-state index is 11.9. The van der Waals surface area contributed by atoms with Gasteiger partial charge in [-0.25, -0.2) is 9.97 Å². The number of nitro groups is 1. The van der Waals surface area contributed by atoms with Gasteiger partial charge < -0.3 is 9.80 Å². The number of hydrogen-bond acceptors (Lipinski definition) is 6. The molecular weight excluding hydrogens is 354 g/mol. The van der Waals surface area contributed by atoms with E-state index in [2.05, 4.69) is 44.0 Å². The van der Waals surface area contributed by atoms with Crippen molar-refractivity contribution in [1.29, 1.82) is 0 Å². The normalized spacial score (nSPS) is 18.3. The molecule has 2 aliphatic rings. The van der Waals surface area contributed by atoms with Crippen molar-refractivity contribution in [3.63, 3.8) is 0 Å². The van der Waals surface area contributed by atoms with Crippen molar-refractivity contribution in [1.82, 2.24) is 9.97 Å². The maximum absolute atomic E-state index is 11.9. The number of aromatic nitrogens is 2. The van der Waals surface area contributed by atoms with Gasteiger partial charge in [-0.2, -0.15) is 0 Å². The van der Waals surface area contributed by atoms with Gasteiger partial charge in [0.25, 0.3) is 0 Å². The van der Waals surface area contributed by atoms with Gasteiger partial charge in [0.1, 0.15) is 6.33 Å². The predicted molar refractivity (Wildman–Crippen MR) is 110 cm³/mol. The van der Waals surface area contributed by atoms with Crippen molar-refractivity contribution < 1.29 is 4.92 Å². The molecule has 0 bridgehead atoms. The van der Waals surface area contributed by atoms with Crippen LogP contribution in [0.1, 0.15) is 37.7 Å². The van der Waals surface area contributed by atoms with E-state index >= 15 is 0 Å². The zero-order valence-electron chi connectivity index (χ0n) is 16.2. The van der Waals surface area contributed by atoms with E-state index in [1.54, 1.807) is 0 Å². The van der Waals surface area contributed by atoms with Crippen LogP contribution in [0.3, 0.4) is 0 Å². The number of nitrogens with zero attached hydrogens (tertiary/aromatic N) is 5. The van der Waals surface area contributed by atoms with Gasteiger partial charge in [0.05, 0.1) is 4.92 Å². The van der Waals surface area contributed by atoms with E-state index in [0.29, 0.717) is 17.6 Å². The van der Waals surface area contributed by atoms with Crippen molar-refractivity contribution >= 4 is 17.3 Å².